The Hall–Kier alpha value is -3.52. The lowest BCUT2D eigenvalue weighted by Gasteiger charge is -2.15. The second kappa shape index (κ2) is 6.33. The number of benzene rings is 5. The highest BCUT2D eigenvalue weighted by molar-refractivity contribution is 6.03. The molecule has 0 fully saturated rings. The lowest BCUT2D eigenvalue weighted by molar-refractivity contribution is 1.19. The molecule has 0 unspecified atom stereocenters. The van der Waals surface area contributed by atoms with Gasteiger partial charge in [0.1, 0.15) is 0 Å². The number of fused-ring (bicyclic) bond motifs is 3. The van der Waals surface area contributed by atoms with E-state index >= 15 is 0 Å². The maximum absolute atomic E-state index is 6.15. The van der Waals surface area contributed by atoms with Crippen LogP contribution in [0.3, 0.4) is 0 Å². The van der Waals surface area contributed by atoms with Crippen LogP contribution < -0.4 is 11.1 Å². The standard InChI is InChI=1S/C25H20N2/c26-24-13-14-25(22-12-6-5-11-21(22)24)27-16-23-19-9-3-1-7-17(19)15-18-8-2-4-10-20(18)23/h1-15,27H,16,26H2. The fourth-order valence-corrected chi connectivity index (χ4v) is 3.96. The molecule has 27 heavy (non-hydrogen) atoms. The Bertz CT molecular complexity index is 1230. The van der Waals surface area contributed by atoms with E-state index in [1.807, 2.05) is 12.1 Å². The van der Waals surface area contributed by atoms with Gasteiger partial charge in [-0.3, -0.25) is 0 Å². The molecule has 0 atom stereocenters. The van der Waals surface area contributed by atoms with Crippen molar-refractivity contribution in [1.29, 1.82) is 0 Å². The molecule has 0 aliphatic heterocycles. The van der Waals surface area contributed by atoms with E-state index in [9.17, 15) is 0 Å². The van der Waals surface area contributed by atoms with E-state index in [0.29, 0.717) is 0 Å². The first-order chi connectivity index (χ1) is 13.3. The molecule has 0 aromatic heterocycles. The van der Waals surface area contributed by atoms with Gasteiger partial charge in [0.15, 0.2) is 0 Å². The molecule has 0 spiro atoms. The van der Waals surface area contributed by atoms with Gasteiger partial charge >= 0.3 is 0 Å². The minimum absolute atomic E-state index is 0.760. The van der Waals surface area contributed by atoms with Crippen LogP contribution in [0.15, 0.2) is 91.0 Å². The first-order valence-electron chi connectivity index (χ1n) is 9.22. The number of hydrogen-bond acceptors (Lipinski definition) is 2. The van der Waals surface area contributed by atoms with Crippen LogP contribution in [0.5, 0.6) is 0 Å². The Morgan fingerprint density at radius 1 is 0.593 bits per heavy atom. The number of rotatable bonds is 3. The molecule has 0 saturated carbocycles. The first kappa shape index (κ1) is 15.7. The molecule has 5 rings (SSSR count). The van der Waals surface area contributed by atoms with Crippen molar-refractivity contribution in [1.82, 2.24) is 0 Å². The molecule has 0 heterocycles. The topological polar surface area (TPSA) is 38.0 Å². The third kappa shape index (κ3) is 2.67. The van der Waals surface area contributed by atoms with Crippen LogP contribution in [0.4, 0.5) is 11.4 Å². The number of nitrogen functional groups attached to an aromatic ring is 1. The van der Waals surface area contributed by atoms with Gasteiger partial charge in [-0.05, 0) is 45.3 Å². The summed E-state index contributed by atoms with van der Waals surface area (Å²) < 4.78 is 0. The van der Waals surface area contributed by atoms with Gasteiger partial charge in [-0.25, -0.2) is 0 Å². The highest BCUT2D eigenvalue weighted by Gasteiger charge is 2.09. The summed E-state index contributed by atoms with van der Waals surface area (Å²) in [6.45, 7) is 0.760. The summed E-state index contributed by atoms with van der Waals surface area (Å²) in [5.74, 6) is 0. The van der Waals surface area contributed by atoms with E-state index in [1.54, 1.807) is 0 Å². The molecule has 0 saturated heterocycles. The highest BCUT2D eigenvalue weighted by atomic mass is 14.9. The van der Waals surface area contributed by atoms with Crippen LogP contribution in [0.1, 0.15) is 5.56 Å². The predicted octanol–water partition coefficient (Wildman–Crippen LogP) is 6.34. The quantitative estimate of drug-likeness (QED) is 0.295. The Morgan fingerprint density at radius 3 is 1.81 bits per heavy atom. The third-order valence-electron chi connectivity index (χ3n) is 5.30. The Morgan fingerprint density at radius 2 is 1.15 bits per heavy atom. The number of nitrogens with two attached hydrogens (primary N) is 1. The lowest BCUT2D eigenvalue weighted by atomic mass is 9.96. The smallest absolute Gasteiger partial charge is 0.0424 e. The van der Waals surface area contributed by atoms with Crippen molar-refractivity contribution in [3.05, 3.63) is 96.6 Å². The molecule has 0 aliphatic carbocycles. The highest BCUT2D eigenvalue weighted by Crippen LogP contribution is 2.31. The summed E-state index contributed by atoms with van der Waals surface area (Å²) in [5.41, 5.74) is 9.40. The second-order valence-corrected chi connectivity index (χ2v) is 6.90. The van der Waals surface area contributed by atoms with Gasteiger partial charge in [0.25, 0.3) is 0 Å². The molecule has 2 heteroatoms. The minimum Gasteiger partial charge on any atom is -0.398 e. The minimum atomic E-state index is 0.760. The molecule has 0 bridgehead atoms. The molecule has 5 aromatic carbocycles. The van der Waals surface area contributed by atoms with Gasteiger partial charge in [0.2, 0.25) is 0 Å². The van der Waals surface area contributed by atoms with Crippen molar-refractivity contribution in [2.75, 3.05) is 11.1 Å². The van der Waals surface area contributed by atoms with E-state index < -0.39 is 0 Å². The zero-order chi connectivity index (χ0) is 18.2. The van der Waals surface area contributed by atoms with E-state index in [-0.39, 0.29) is 0 Å². The number of anilines is 2. The number of nitrogens with one attached hydrogen (secondary N) is 1. The van der Waals surface area contributed by atoms with Crippen molar-refractivity contribution >= 4 is 43.7 Å². The van der Waals surface area contributed by atoms with E-state index in [1.165, 1.54) is 27.1 Å². The summed E-state index contributed by atoms with van der Waals surface area (Å²) in [6.07, 6.45) is 0. The first-order valence-corrected chi connectivity index (χ1v) is 9.22. The van der Waals surface area contributed by atoms with Crippen LogP contribution in [-0.2, 0) is 6.54 Å². The van der Waals surface area contributed by atoms with Crippen LogP contribution in [0.2, 0.25) is 0 Å². The molecule has 5 aromatic rings. The van der Waals surface area contributed by atoms with Gasteiger partial charge in [0.05, 0.1) is 0 Å². The molecule has 2 nitrogen and oxygen atoms in total. The Balaban J connectivity index is 1.64. The molecule has 130 valence electrons. The van der Waals surface area contributed by atoms with Gasteiger partial charge in [-0.2, -0.15) is 0 Å². The monoisotopic (exact) mass is 348 g/mol. The summed E-state index contributed by atoms with van der Waals surface area (Å²) >= 11 is 0. The molecule has 0 amide bonds. The fraction of sp³-hybridized carbons (Fsp3) is 0.0400. The van der Waals surface area contributed by atoms with Gasteiger partial charge in [-0.1, -0.05) is 72.8 Å². The maximum Gasteiger partial charge on any atom is 0.0424 e. The average molecular weight is 348 g/mol. The SMILES string of the molecule is Nc1ccc(NCc2c3ccccc3cc3ccccc23)c2ccccc12. The molecular weight excluding hydrogens is 328 g/mol. The van der Waals surface area contributed by atoms with Crippen LogP contribution in [0, 0.1) is 0 Å². The van der Waals surface area contributed by atoms with E-state index in [0.717, 1.165) is 28.7 Å². The van der Waals surface area contributed by atoms with Crippen molar-refractivity contribution in [2.24, 2.45) is 0 Å². The third-order valence-corrected chi connectivity index (χ3v) is 5.30. The normalized spacial score (nSPS) is 11.3. The van der Waals surface area contributed by atoms with E-state index in [2.05, 4.69) is 84.2 Å². The lowest BCUT2D eigenvalue weighted by Crippen LogP contribution is -2.02. The predicted molar refractivity (Wildman–Crippen MR) is 117 cm³/mol. The Kier molecular flexibility index (Phi) is 3.68. The zero-order valence-corrected chi connectivity index (χ0v) is 14.9. The van der Waals surface area contributed by atoms with Crippen molar-refractivity contribution in [3.63, 3.8) is 0 Å². The Labute approximate surface area is 158 Å². The van der Waals surface area contributed by atoms with Crippen molar-refractivity contribution in [3.8, 4) is 0 Å². The average Bonchev–Trinajstić information content (AvgIpc) is 2.72. The second-order valence-electron chi connectivity index (χ2n) is 6.90. The fourth-order valence-electron chi connectivity index (χ4n) is 3.96. The number of hydrogen-bond donors (Lipinski definition) is 2. The van der Waals surface area contributed by atoms with Gasteiger partial charge in [0, 0.05) is 28.7 Å². The molecular formula is C25H20N2. The summed E-state index contributed by atoms with van der Waals surface area (Å²) in [4.78, 5) is 0. The van der Waals surface area contributed by atoms with Crippen LogP contribution in [0.25, 0.3) is 32.3 Å². The summed E-state index contributed by atoms with van der Waals surface area (Å²) in [6, 6.07) is 31.8. The van der Waals surface area contributed by atoms with E-state index in [4.69, 9.17) is 5.73 Å². The molecule has 0 aliphatic rings. The zero-order valence-electron chi connectivity index (χ0n) is 14.9. The van der Waals surface area contributed by atoms with Crippen molar-refractivity contribution < 1.29 is 0 Å². The van der Waals surface area contributed by atoms with Gasteiger partial charge < -0.3 is 11.1 Å². The molecule has 3 N–H and O–H groups in total. The van der Waals surface area contributed by atoms with Crippen molar-refractivity contribution in [2.45, 2.75) is 6.54 Å². The molecule has 0 radical (unpaired) electrons. The van der Waals surface area contributed by atoms with Gasteiger partial charge in [-0.15, -0.1) is 0 Å². The largest absolute Gasteiger partial charge is 0.398 e. The van der Waals surface area contributed by atoms with Crippen LogP contribution >= 0.6 is 0 Å². The maximum atomic E-state index is 6.15. The summed E-state index contributed by atoms with van der Waals surface area (Å²) in [5, 5.41) is 11.0. The summed E-state index contributed by atoms with van der Waals surface area (Å²) in [7, 11) is 0. The van der Waals surface area contributed by atoms with Crippen LogP contribution in [-0.4, -0.2) is 0 Å².